The smallest absolute Gasteiger partial charge is 0.273 e. The molecule has 0 unspecified atom stereocenters. The summed E-state index contributed by atoms with van der Waals surface area (Å²) >= 11 is 9.60. The average Bonchev–Trinajstić information content (AvgIpc) is 2.76. The lowest BCUT2D eigenvalue weighted by Crippen LogP contribution is -2.29. The van der Waals surface area contributed by atoms with Gasteiger partial charge in [0.25, 0.3) is 15.2 Å². The number of primary sulfonamides is 1. The Labute approximate surface area is 136 Å². The molecule has 21 heavy (non-hydrogen) atoms. The van der Waals surface area contributed by atoms with Crippen molar-refractivity contribution >= 4 is 37.6 Å². The minimum Gasteiger partial charge on any atom is -0.291 e. The van der Waals surface area contributed by atoms with Crippen LogP contribution in [0.5, 0.6) is 0 Å². The third-order valence-corrected chi connectivity index (χ3v) is 4.82. The molecular formula is C12H14BrClN4O2S. The number of halogens is 2. The van der Waals surface area contributed by atoms with E-state index < -0.39 is 15.6 Å². The Morgan fingerprint density at radius 3 is 2.43 bits per heavy atom. The molecule has 114 valence electrons. The molecule has 0 fully saturated rings. The third kappa shape index (κ3) is 3.13. The Kier molecular flexibility index (Phi) is 4.18. The van der Waals surface area contributed by atoms with Crippen LogP contribution in [0.15, 0.2) is 27.8 Å². The fourth-order valence-electron chi connectivity index (χ4n) is 1.91. The van der Waals surface area contributed by atoms with Gasteiger partial charge in [0, 0.05) is 15.6 Å². The van der Waals surface area contributed by atoms with Gasteiger partial charge in [-0.05, 0) is 48.8 Å². The molecule has 1 heterocycles. The van der Waals surface area contributed by atoms with Crippen molar-refractivity contribution in [1.82, 2.24) is 14.8 Å². The lowest BCUT2D eigenvalue weighted by molar-refractivity contribution is 0.366. The zero-order valence-corrected chi connectivity index (χ0v) is 14.8. The van der Waals surface area contributed by atoms with E-state index in [9.17, 15) is 8.42 Å². The predicted octanol–water partition coefficient (Wildman–Crippen LogP) is 2.76. The van der Waals surface area contributed by atoms with Crippen molar-refractivity contribution in [3.8, 4) is 11.4 Å². The lowest BCUT2D eigenvalue weighted by Gasteiger charge is -2.24. The van der Waals surface area contributed by atoms with Crippen molar-refractivity contribution in [2.45, 2.75) is 31.5 Å². The highest BCUT2D eigenvalue weighted by molar-refractivity contribution is 9.10. The fourth-order valence-corrected chi connectivity index (χ4v) is 3.26. The Hall–Kier alpha value is -0.960. The predicted molar refractivity (Wildman–Crippen MR) is 84.5 cm³/mol. The molecular weight excluding hydrogens is 380 g/mol. The minimum absolute atomic E-state index is 0.291. The maximum atomic E-state index is 11.7. The van der Waals surface area contributed by atoms with Crippen LogP contribution in [0.1, 0.15) is 20.8 Å². The van der Waals surface area contributed by atoms with Crippen LogP contribution in [0, 0.1) is 0 Å². The van der Waals surface area contributed by atoms with Gasteiger partial charge in [0.15, 0.2) is 5.82 Å². The van der Waals surface area contributed by atoms with E-state index in [-0.39, 0.29) is 5.16 Å². The van der Waals surface area contributed by atoms with Gasteiger partial charge < -0.3 is 0 Å². The number of aromatic nitrogens is 3. The van der Waals surface area contributed by atoms with E-state index in [0.717, 1.165) is 0 Å². The monoisotopic (exact) mass is 392 g/mol. The van der Waals surface area contributed by atoms with E-state index in [1.807, 2.05) is 20.8 Å². The van der Waals surface area contributed by atoms with E-state index in [1.165, 1.54) is 4.57 Å². The second-order valence-corrected chi connectivity index (χ2v) is 8.15. The van der Waals surface area contributed by atoms with Crippen molar-refractivity contribution in [1.29, 1.82) is 0 Å². The fraction of sp³-hybridized carbons (Fsp3) is 0.333. The first-order valence-electron chi connectivity index (χ1n) is 5.96. The largest absolute Gasteiger partial charge is 0.291 e. The first kappa shape index (κ1) is 16.4. The molecule has 0 atom stereocenters. The van der Waals surface area contributed by atoms with Gasteiger partial charge in [0.2, 0.25) is 0 Å². The van der Waals surface area contributed by atoms with Crippen LogP contribution in [0.2, 0.25) is 5.02 Å². The van der Waals surface area contributed by atoms with Crippen LogP contribution in [0.4, 0.5) is 0 Å². The molecule has 0 aliphatic heterocycles. The van der Waals surface area contributed by atoms with E-state index in [1.54, 1.807) is 18.2 Å². The van der Waals surface area contributed by atoms with E-state index in [4.69, 9.17) is 16.7 Å². The van der Waals surface area contributed by atoms with Gasteiger partial charge in [-0.25, -0.2) is 13.6 Å². The summed E-state index contributed by atoms with van der Waals surface area (Å²) in [6.07, 6.45) is 0. The summed E-state index contributed by atoms with van der Waals surface area (Å²) in [6.45, 7) is 5.50. The molecule has 0 aliphatic carbocycles. The first-order chi connectivity index (χ1) is 9.53. The molecule has 0 amide bonds. The number of hydrogen-bond donors (Lipinski definition) is 1. The van der Waals surface area contributed by atoms with Crippen molar-refractivity contribution in [3.63, 3.8) is 0 Å². The van der Waals surface area contributed by atoms with Gasteiger partial charge in [-0.15, -0.1) is 10.2 Å². The Balaban J connectivity index is 2.83. The highest BCUT2D eigenvalue weighted by atomic mass is 79.9. The molecule has 0 spiro atoms. The molecule has 9 heteroatoms. The number of nitrogens with two attached hydrogens (primary N) is 1. The summed E-state index contributed by atoms with van der Waals surface area (Å²) in [4.78, 5) is 0. The van der Waals surface area contributed by atoms with Gasteiger partial charge >= 0.3 is 0 Å². The van der Waals surface area contributed by atoms with Crippen LogP contribution >= 0.6 is 27.5 Å². The maximum absolute atomic E-state index is 11.7. The van der Waals surface area contributed by atoms with Crippen LogP contribution in [-0.2, 0) is 15.6 Å². The molecule has 2 rings (SSSR count). The quantitative estimate of drug-likeness (QED) is 0.849. The lowest BCUT2D eigenvalue weighted by atomic mass is 10.1. The summed E-state index contributed by atoms with van der Waals surface area (Å²) in [5, 5.41) is 13.1. The number of hydrogen-bond acceptors (Lipinski definition) is 4. The summed E-state index contributed by atoms with van der Waals surface area (Å²) < 4.78 is 25.6. The summed E-state index contributed by atoms with van der Waals surface area (Å²) in [5.74, 6) is 0.345. The topological polar surface area (TPSA) is 90.9 Å². The van der Waals surface area contributed by atoms with E-state index in [0.29, 0.717) is 20.9 Å². The van der Waals surface area contributed by atoms with Gasteiger partial charge in [-0.3, -0.25) is 4.57 Å². The van der Waals surface area contributed by atoms with Gasteiger partial charge in [0.05, 0.1) is 5.02 Å². The molecule has 0 saturated carbocycles. The number of benzene rings is 1. The number of rotatable bonds is 2. The molecule has 2 N–H and O–H groups in total. The second kappa shape index (κ2) is 5.35. The standard InChI is InChI=1S/C12H14BrClN4O2S/c1-12(2,3)18-10(16-17-11(18)21(15,19)20)7-5-4-6-8(13)9(7)14/h4-6H,1-3H3,(H2,15,19,20). The summed E-state index contributed by atoms with van der Waals surface area (Å²) in [7, 11) is -3.99. The van der Waals surface area contributed by atoms with Gasteiger partial charge in [-0.1, -0.05) is 17.7 Å². The van der Waals surface area contributed by atoms with Crippen LogP contribution in [0.3, 0.4) is 0 Å². The highest BCUT2D eigenvalue weighted by Gasteiger charge is 2.30. The zero-order valence-electron chi connectivity index (χ0n) is 11.6. The Morgan fingerprint density at radius 1 is 1.29 bits per heavy atom. The maximum Gasteiger partial charge on any atom is 0.273 e. The Morgan fingerprint density at radius 2 is 1.90 bits per heavy atom. The molecule has 6 nitrogen and oxygen atoms in total. The molecule has 2 aromatic rings. The molecule has 1 aromatic carbocycles. The van der Waals surface area contributed by atoms with Gasteiger partial charge in [-0.2, -0.15) is 0 Å². The average molecular weight is 394 g/mol. The summed E-state index contributed by atoms with van der Waals surface area (Å²) in [5.41, 5.74) is -0.0185. The van der Waals surface area contributed by atoms with Crippen molar-refractivity contribution in [2.24, 2.45) is 5.14 Å². The van der Waals surface area contributed by atoms with Crippen LogP contribution < -0.4 is 5.14 Å². The molecule has 0 saturated heterocycles. The Bertz CT molecular complexity index is 796. The second-order valence-electron chi connectivity index (χ2n) is 5.46. The van der Waals surface area contributed by atoms with E-state index in [2.05, 4.69) is 26.1 Å². The molecule has 1 aromatic heterocycles. The van der Waals surface area contributed by atoms with Crippen LogP contribution in [0.25, 0.3) is 11.4 Å². The van der Waals surface area contributed by atoms with Crippen LogP contribution in [-0.4, -0.2) is 23.2 Å². The number of nitrogens with zero attached hydrogens (tertiary/aromatic N) is 3. The molecule has 0 bridgehead atoms. The van der Waals surface area contributed by atoms with Crippen molar-refractivity contribution < 1.29 is 8.42 Å². The highest BCUT2D eigenvalue weighted by Crippen LogP contribution is 2.35. The SMILES string of the molecule is CC(C)(C)n1c(-c2cccc(Br)c2Cl)nnc1S(N)(=O)=O. The molecule has 0 aliphatic rings. The van der Waals surface area contributed by atoms with Crippen molar-refractivity contribution in [3.05, 3.63) is 27.7 Å². The van der Waals surface area contributed by atoms with E-state index >= 15 is 0 Å². The summed E-state index contributed by atoms with van der Waals surface area (Å²) in [6, 6.07) is 5.31. The van der Waals surface area contributed by atoms with Crippen molar-refractivity contribution in [2.75, 3.05) is 0 Å². The third-order valence-electron chi connectivity index (χ3n) is 2.75. The number of sulfonamides is 1. The first-order valence-corrected chi connectivity index (χ1v) is 8.68. The zero-order chi connectivity index (χ0) is 16.0. The molecule has 0 radical (unpaired) electrons. The normalized spacial score (nSPS) is 12.7. The van der Waals surface area contributed by atoms with Gasteiger partial charge in [0.1, 0.15) is 0 Å². The minimum atomic E-state index is -3.99.